The van der Waals surface area contributed by atoms with E-state index >= 15 is 0 Å². The second kappa shape index (κ2) is 2.82. The fourth-order valence-corrected chi connectivity index (χ4v) is 2.69. The Labute approximate surface area is 86.8 Å². The first-order valence-electron chi connectivity index (χ1n) is 4.51. The van der Waals surface area contributed by atoms with E-state index < -0.39 is 0 Å². The number of fused-ring (bicyclic) bond motifs is 3. The topological polar surface area (TPSA) is 0 Å². The molecule has 1 aromatic heterocycles. The van der Waals surface area contributed by atoms with Crippen LogP contribution in [0.2, 0.25) is 0 Å². The summed E-state index contributed by atoms with van der Waals surface area (Å²) in [6.07, 6.45) is 0. The minimum absolute atomic E-state index is 0.883. The first-order valence-corrected chi connectivity index (χ1v) is 5.38. The van der Waals surface area contributed by atoms with E-state index in [1.54, 1.807) is 11.3 Å². The summed E-state index contributed by atoms with van der Waals surface area (Å²) in [6.45, 7) is 5.98. The minimum Gasteiger partial charge on any atom is -0.143 e. The molecular formula is C13H8S. The van der Waals surface area contributed by atoms with Crippen molar-refractivity contribution in [2.75, 3.05) is 0 Å². The maximum absolute atomic E-state index is 5.98. The largest absolute Gasteiger partial charge is 0.143 e. The summed E-state index contributed by atoms with van der Waals surface area (Å²) in [7, 11) is 0. The second-order valence-corrected chi connectivity index (χ2v) is 4.27. The highest BCUT2D eigenvalue weighted by Gasteiger charge is 2.03. The average molecular weight is 196 g/mol. The van der Waals surface area contributed by atoms with Gasteiger partial charge >= 0.3 is 0 Å². The summed E-state index contributed by atoms with van der Waals surface area (Å²) in [5.41, 5.74) is 0.883. The van der Waals surface area contributed by atoms with Crippen LogP contribution in [0.15, 0.2) is 41.8 Å². The van der Waals surface area contributed by atoms with E-state index in [-0.39, 0.29) is 0 Å². The molecule has 0 nitrogen and oxygen atoms in total. The number of hydrogen-bond donors (Lipinski definition) is 0. The fourth-order valence-electron chi connectivity index (χ4n) is 1.85. The van der Waals surface area contributed by atoms with E-state index in [1.807, 2.05) is 12.1 Å². The van der Waals surface area contributed by atoms with E-state index in [4.69, 9.17) is 6.92 Å². The van der Waals surface area contributed by atoms with Gasteiger partial charge < -0.3 is 0 Å². The maximum atomic E-state index is 5.98. The van der Waals surface area contributed by atoms with Crippen molar-refractivity contribution in [2.24, 2.45) is 0 Å². The predicted octanol–water partition coefficient (Wildman–Crippen LogP) is 4.11. The quantitative estimate of drug-likeness (QED) is 0.507. The molecule has 0 spiro atoms. The van der Waals surface area contributed by atoms with Gasteiger partial charge in [-0.25, -0.2) is 0 Å². The Bertz CT molecular complexity index is 605. The molecule has 0 saturated carbocycles. The molecule has 0 aliphatic rings. The van der Waals surface area contributed by atoms with Gasteiger partial charge in [0.1, 0.15) is 0 Å². The predicted molar refractivity (Wildman–Crippen MR) is 62.7 cm³/mol. The zero-order chi connectivity index (χ0) is 9.54. The van der Waals surface area contributed by atoms with Gasteiger partial charge in [-0.15, -0.1) is 11.3 Å². The van der Waals surface area contributed by atoms with Crippen molar-refractivity contribution in [1.82, 2.24) is 0 Å². The van der Waals surface area contributed by atoms with E-state index in [0.717, 1.165) is 5.56 Å². The molecule has 0 bridgehead atoms. The SMILES string of the molecule is [CH]c1cc2ccccc2c2ccsc12. The molecule has 14 heavy (non-hydrogen) atoms. The Balaban J connectivity index is 2.66. The average Bonchev–Trinajstić information content (AvgIpc) is 2.67. The third-order valence-corrected chi connectivity index (χ3v) is 3.45. The molecule has 3 rings (SSSR count). The summed E-state index contributed by atoms with van der Waals surface area (Å²) >= 11 is 1.70. The number of rotatable bonds is 0. The Morgan fingerprint density at radius 1 is 1.00 bits per heavy atom. The van der Waals surface area contributed by atoms with Gasteiger partial charge in [0, 0.05) is 17.0 Å². The standard InChI is InChI=1S/C13H8S/c1-9-8-10-4-2-3-5-11(10)12-6-7-14-13(9)12/h1-8H. The van der Waals surface area contributed by atoms with Crippen LogP contribution in [0.5, 0.6) is 0 Å². The van der Waals surface area contributed by atoms with Crippen LogP contribution in [0.1, 0.15) is 5.56 Å². The molecule has 0 aliphatic heterocycles. The highest BCUT2D eigenvalue weighted by molar-refractivity contribution is 7.17. The fraction of sp³-hybridized carbons (Fsp3) is 0. The first kappa shape index (κ1) is 8.01. The Morgan fingerprint density at radius 3 is 2.79 bits per heavy atom. The summed E-state index contributed by atoms with van der Waals surface area (Å²) in [5.74, 6) is 0. The van der Waals surface area contributed by atoms with Gasteiger partial charge in [-0.05, 0) is 33.8 Å². The van der Waals surface area contributed by atoms with Crippen LogP contribution >= 0.6 is 11.3 Å². The third-order valence-electron chi connectivity index (χ3n) is 2.49. The van der Waals surface area contributed by atoms with Crippen LogP contribution in [0.4, 0.5) is 0 Å². The van der Waals surface area contributed by atoms with Crippen LogP contribution in [-0.4, -0.2) is 0 Å². The van der Waals surface area contributed by atoms with Gasteiger partial charge in [0.15, 0.2) is 0 Å². The van der Waals surface area contributed by atoms with Crippen molar-refractivity contribution in [3.05, 3.63) is 54.3 Å². The normalized spacial score (nSPS) is 11.2. The Morgan fingerprint density at radius 2 is 1.86 bits per heavy atom. The van der Waals surface area contributed by atoms with Gasteiger partial charge in [-0.1, -0.05) is 24.3 Å². The molecule has 1 heterocycles. The minimum atomic E-state index is 0.883. The van der Waals surface area contributed by atoms with E-state index in [2.05, 4.69) is 29.6 Å². The summed E-state index contributed by atoms with van der Waals surface area (Å²) in [5, 5.41) is 5.87. The summed E-state index contributed by atoms with van der Waals surface area (Å²) in [6, 6.07) is 12.5. The lowest BCUT2D eigenvalue weighted by Gasteiger charge is -2.01. The highest BCUT2D eigenvalue weighted by Crippen LogP contribution is 2.31. The summed E-state index contributed by atoms with van der Waals surface area (Å²) < 4.78 is 1.20. The number of hydrogen-bond acceptors (Lipinski definition) is 1. The van der Waals surface area contributed by atoms with Crippen LogP contribution in [0.25, 0.3) is 20.9 Å². The van der Waals surface area contributed by atoms with E-state index in [1.165, 1.54) is 20.9 Å². The van der Waals surface area contributed by atoms with Crippen LogP contribution in [0.3, 0.4) is 0 Å². The molecule has 66 valence electrons. The molecule has 3 aromatic rings. The van der Waals surface area contributed by atoms with Gasteiger partial charge in [0.05, 0.1) is 0 Å². The maximum Gasteiger partial charge on any atom is 0.0384 e. The molecule has 0 unspecified atom stereocenters. The zero-order valence-corrected chi connectivity index (χ0v) is 8.34. The molecule has 0 atom stereocenters. The molecule has 2 radical (unpaired) electrons. The summed E-state index contributed by atoms with van der Waals surface area (Å²) in [4.78, 5) is 0. The molecule has 0 aliphatic carbocycles. The van der Waals surface area contributed by atoms with Gasteiger partial charge in [0.2, 0.25) is 0 Å². The third kappa shape index (κ3) is 0.992. The highest BCUT2D eigenvalue weighted by atomic mass is 32.1. The van der Waals surface area contributed by atoms with Crippen molar-refractivity contribution >= 4 is 32.2 Å². The molecule has 2 aromatic carbocycles. The van der Waals surface area contributed by atoms with Crippen molar-refractivity contribution < 1.29 is 0 Å². The van der Waals surface area contributed by atoms with E-state index in [9.17, 15) is 0 Å². The molecule has 0 amide bonds. The van der Waals surface area contributed by atoms with Crippen molar-refractivity contribution in [2.45, 2.75) is 0 Å². The first-order chi connectivity index (χ1) is 6.86. The van der Waals surface area contributed by atoms with Gasteiger partial charge in [-0.3, -0.25) is 0 Å². The van der Waals surface area contributed by atoms with Crippen LogP contribution < -0.4 is 0 Å². The Kier molecular flexibility index (Phi) is 1.62. The smallest absolute Gasteiger partial charge is 0.0384 e. The lowest BCUT2D eigenvalue weighted by Crippen LogP contribution is -1.76. The van der Waals surface area contributed by atoms with Crippen molar-refractivity contribution in [1.29, 1.82) is 0 Å². The molecule has 1 heteroatoms. The van der Waals surface area contributed by atoms with E-state index in [0.29, 0.717) is 0 Å². The molecule has 0 saturated heterocycles. The number of thiophene rings is 1. The van der Waals surface area contributed by atoms with Gasteiger partial charge in [-0.2, -0.15) is 0 Å². The van der Waals surface area contributed by atoms with Crippen LogP contribution in [-0.2, 0) is 0 Å². The van der Waals surface area contributed by atoms with Crippen molar-refractivity contribution in [3.63, 3.8) is 0 Å². The second-order valence-electron chi connectivity index (χ2n) is 3.35. The van der Waals surface area contributed by atoms with Crippen LogP contribution in [0, 0.1) is 6.92 Å². The van der Waals surface area contributed by atoms with Gasteiger partial charge in [0.25, 0.3) is 0 Å². The van der Waals surface area contributed by atoms with Crippen molar-refractivity contribution in [3.8, 4) is 0 Å². The zero-order valence-electron chi connectivity index (χ0n) is 7.53. The molecule has 0 fully saturated rings. The lowest BCUT2D eigenvalue weighted by atomic mass is 10.0. The molecular weight excluding hydrogens is 188 g/mol. The lowest BCUT2D eigenvalue weighted by molar-refractivity contribution is 1.76. The Hall–Kier alpha value is -1.34. The monoisotopic (exact) mass is 196 g/mol. The molecule has 0 N–H and O–H groups in total. The number of benzene rings is 2.